The molecule has 2 aromatic rings. The van der Waals surface area contributed by atoms with Crippen molar-refractivity contribution in [2.24, 2.45) is 0 Å². The molecule has 0 spiro atoms. The van der Waals surface area contributed by atoms with E-state index in [0.717, 1.165) is 5.56 Å². The van der Waals surface area contributed by atoms with Crippen molar-refractivity contribution in [1.29, 1.82) is 0 Å². The molecular formula is C20H20N2O5. The summed E-state index contributed by atoms with van der Waals surface area (Å²) >= 11 is 0. The summed E-state index contributed by atoms with van der Waals surface area (Å²) in [6, 6.07) is 14.9. The highest BCUT2D eigenvalue weighted by atomic mass is 16.5. The number of esters is 1. The third-order valence-electron chi connectivity index (χ3n) is 3.54. The second-order valence-electron chi connectivity index (χ2n) is 5.41. The number of ether oxygens (including phenoxy) is 2. The summed E-state index contributed by atoms with van der Waals surface area (Å²) in [6.07, 6.45) is 1.49. The van der Waals surface area contributed by atoms with Gasteiger partial charge in [0.2, 0.25) is 6.10 Å². The van der Waals surface area contributed by atoms with Gasteiger partial charge >= 0.3 is 12.0 Å². The Hall–Kier alpha value is -3.61. The predicted molar refractivity (Wildman–Crippen MR) is 99.9 cm³/mol. The quantitative estimate of drug-likeness (QED) is 0.603. The minimum Gasteiger partial charge on any atom is -0.497 e. The smallest absolute Gasteiger partial charge is 0.331 e. The molecule has 7 heteroatoms. The maximum Gasteiger partial charge on any atom is 0.331 e. The third-order valence-corrected chi connectivity index (χ3v) is 3.54. The van der Waals surface area contributed by atoms with Crippen molar-refractivity contribution in [2.45, 2.75) is 6.10 Å². The molecule has 0 aliphatic rings. The van der Waals surface area contributed by atoms with Crippen molar-refractivity contribution in [3.05, 3.63) is 71.8 Å². The predicted octanol–water partition coefficient (Wildman–Crippen LogP) is 2.45. The van der Waals surface area contributed by atoms with Crippen LogP contribution in [-0.4, -0.2) is 32.1 Å². The summed E-state index contributed by atoms with van der Waals surface area (Å²) in [6.45, 7) is 0. The zero-order valence-corrected chi connectivity index (χ0v) is 15.0. The molecule has 0 fully saturated rings. The summed E-state index contributed by atoms with van der Waals surface area (Å²) in [5.74, 6) is -0.819. The molecule has 3 amide bonds. The van der Waals surface area contributed by atoms with E-state index in [1.54, 1.807) is 67.8 Å². The van der Waals surface area contributed by atoms with Crippen LogP contribution in [0.1, 0.15) is 17.2 Å². The largest absolute Gasteiger partial charge is 0.497 e. The lowest BCUT2D eigenvalue weighted by Gasteiger charge is -2.16. The van der Waals surface area contributed by atoms with Crippen LogP contribution in [0.5, 0.6) is 5.75 Å². The van der Waals surface area contributed by atoms with Gasteiger partial charge in [-0.1, -0.05) is 42.5 Å². The highest BCUT2D eigenvalue weighted by Gasteiger charge is 2.25. The molecule has 0 radical (unpaired) electrons. The van der Waals surface area contributed by atoms with Crippen molar-refractivity contribution in [3.8, 4) is 5.75 Å². The van der Waals surface area contributed by atoms with Crippen LogP contribution >= 0.6 is 0 Å². The van der Waals surface area contributed by atoms with E-state index in [1.807, 2.05) is 0 Å². The van der Waals surface area contributed by atoms with Crippen LogP contribution in [-0.2, 0) is 14.3 Å². The maximum absolute atomic E-state index is 12.3. The summed E-state index contributed by atoms with van der Waals surface area (Å²) in [5.41, 5.74) is 1.18. The van der Waals surface area contributed by atoms with Gasteiger partial charge in [0, 0.05) is 18.7 Å². The molecule has 2 rings (SSSR count). The minimum absolute atomic E-state index is 0.446. The molecule has 2 N–H and O–H groups in total. The lowest BCUT2D eigenvalue weighted by atomic mass is 10.1. The second kappa shape index (κ2) is 9.76. The number of hydrogen-bond donors (Lipinski definition) is 2. The summed E-state index contributed by atoms with van der Waals surface area (Å²) in [4.78, 5) is 35.9. The van der Waals surface area contributed by atoms with Crippen molar-refractivity contribution in [1.82, 2.24) is 10.6 Å². The number of carbonyl (C=O) groups excluding carboxylic acids is 3. The number of rotatable bonds is 6. The maximum atomic E-state index is 12.3. The third kappa shape index (κ3) is 6.00. The lowest BCUT2D eigenvalue weighted by Crippen LogP contribution is -2.41. The standard InChI is InChI=1S/C20H20N2O5/c1-21-20(25)22-19(24)18(15-8-4-3-5-9-15)27-17(23)12-11-14-7-6-10-16(13-14)26-2/h3-13,18H,1-2H3,(H2,21,22,24,25)/b12-11+/t18-/m1/s1. The first-order valence-corrected chi connectivity index (χ1v) is 8.13. The number of imide groups is 1. The Morgan fingerprint density at radius 1 is 1.04 bits per heavy atom. The fourth-order valence-electron chi connectivity index (χ4n) is 2.21. The summed E-state index contributed by atoms with van der Waals surface area (Å²) in [7, 11) is 2.93. The average Bonchev–Trinajstić information content (AvgIpc) is 2.71. The molecule has 1 atom stereocenters. The van der Waals surface area contributed by atoms with E-state index in [-0.39, 0.29) is 0 Å². The van der Waals surface area contributed by atoms with Crippen LogP contribution in [0.25, 0.3) is 6.08 Å². The SMILES string of the molecule is CNC(=O)NC(=O)[C@H](OC(=O)/C=C/c1cccc(OC)c1)c1ccccc1. The van der Waals surface area contributed by atoms with Crippen LogP contribution in [0, 0.1) is 0 Å². The molecule has 0 aromatic heterocycles. The summed E-state index contributed by atoms with van der Waals surface area (Å²) < 4.78 is 10.4. The monoisotopic (exact) mass is 368 g/mol. The first-order valence-electron chi connectivity index (χ1n) is 8.13. The molecule has 0 saturated carbocycles. The van der Waals surface area contributed by atoms with Gasteiger partial charge in [0.05, 0.1) is 7.11 Å². The van der Waals surface area contributed by atoms with E-state index < -0.39 is 24.0 Å². The second-order valence-corrected chi connectivity index (χ2v) is 5.41. The first kappa shape index (κ1) is 19.7. The van der Waals surface area contributed by atoms with Gasteiger partial charge in [-0.15, -0.1) is 0 Å². The Bertz CT molecular complexity index is 833. The van der Waals surface area contributed by atoms with Gasteiger partial charge in [-0.3, -0.25) is 10.1 Å². The van der Waals surface area contributed by atoms with Crippen molar-refractivity contribution in [2.75, 3.05) is 14.2 Å². The van der Waals surface area contributed by atoms with Crippen LogP contribution in [0.2, 0.25) is 0 Å². The van der Waals surface area contributed by atoms with Gasteiger partial charge in [-0.05, 0) is 23.8 Å². The van der Waals surface area contributed by atoms with E-state index in [2.05, 4.69) is 10.6 Å². The zero-order valence-electron chi connectivity index (χ0n) is 15.0. The Labute approximate surface area is 157 Å². The van der Waals surface area contributed by atoms with E-state index in [0.29, 0.717) is 11.3 Å². The molecule has 0 bridgehead atoms. The van der Waals surface area contributed by atoms with Gasteiger partial charge in [0.1, 0.15) is 5.75 Å². The lowest BCUT2D eigenvalue weighted by molar-refractivity contribution is -0.151. The minimum atomic E-state index is -1.26. The molecule has 0 heterocycles. The number of amides is 3. The highest BCUT2D eigenvalue weighted by Crippen LogP contribution is 2.19. The van der Waals surface area contributed by atoms with Crippen molar-refractivity contribution in [3.63, 3.8) is 0 Å². The number of carbonyl (C=O) groups is 3. The van der Waals surface area contributed by atoms with Crippen LogP contribution in [0.3, 0.4) is 0 Å². The van der Waals surface area contributed by atoms with Gasteiger partial charge in [0.25, 0.3) is 5.91 Å². The van der Waals surface area contributed by atoms with Crippen LogP contribution in [0.15, 0.2) is 60.7 Å². The van der Waals surface area contributed by atoms with Gasteiger partial charge in [0.15, 0.2) is 0 Å². The molecule has 0 unspecified atom stereocenters. The number of benzene rings is 2. The van der Waals surface area contributed by atoms with Crippen molar-refractivity contribution < 1.29 is 23.9 Å². The Kier molecular flexibility index (Phi) is 7.13. The normalized spacial score (nSPS) is 11.5. The first-order chi connectivity index (χ1) is 13.0. The Morgan fingerprint density at radius 3 is 2.44 bits per heavy atom. The van der Waals surface area contributed by atoms with E-state index in [9.17, 15) is 14.4 Å². The van der Waals surface area contributed by atoms with Gasteiger partial charge in [-0.2, -0.15) is 0 Å². The number of urea groups is 1. The van der Waals surface area contributed by atoms with Gasteiger partial charge in [-0.25, -0.2) is 9.59 Å². The van der Waals surface area contributed by atoms with E-state index >= 15 is 0 Å². The topological polar surface area (TPSA) is 93.7 Å². The molecule has 27 heavy (non-hydrogen) atoms. The van der Waals surface area contributed by atoms with E-state index in [4.69, 9.17) is 9.47 Å². The molecule has 2 aromatic carbocycles. The fraction of sp³-hybridized carbons (Fsp3) is 0.150. The average molecular weight is 368 g/mol. The van der Waals surface area contributed by atoms with Crippen LogP contribution < -0.4 is 15.4 Å². The number of methoxy groups -OCH3 is 1. The Morgan fingerprint density at radius 2 is 1.78 bits per heavy atom. The number of nitrogens with one attached hydrogen (secondary N) is 2. The molecule has 140 valence electrons. The summed E-state index contributed by atoms with van der Waals surface area (Å²) in [5, 5.41) is 4.39. The van der Waals surface area contributed by atoms with Crippen molar-refractivity contribution >= 4 is 24.0 Å². The number of hydrogen-bond acceptors (Lipinski definition) is 5. The molecular weight excluding hydrogens is 348 g/mol. The molecule has 0 aliphatic carbocycles. The zero-order chi connectivity index (χ0) is 19.6. The Balaban J connectivity index is 2.13. The highest BCUT2D eigenvalue weighted by molar-refractivity contribution is 5.98. The van der Waals surface area contributed by atoms with Crippen LogP contribution in [0.4, 0.5) is 4.79 Å². The van der Waals surface area contributed by atoms with E-state index in [1.165, 1.54) is 13.1 Å². The molecule has 0 saturated heterocycles. The van der Waals surface area contributed by atoms with Gasteiger partial charge < -0.3 is 14.8 Å². The molecule has 7 nitrogen and oxygen atoms in total. The fourth-order valence-corrected chi connectivity index (χ4v) is 2.21. The molecule has 0 aliphatic heterocycles.